The van der Waals surface area contributed by atoms with Gasteiger partial charge in [0.2, 0.25) is 5.88 Å². The number of hydrogen-bond acceptors (Lipinski definition) is 3. The van der Waals surface area contributed by atoms with Crippen LogP contribution in [0.25, 0.3) is 0 Å². The summed E-state index contributed by atoms with van der Waals surface area (Å²) >= 11 is 0. The van der Waals surface area contributed by atoms with E-state index in [1.165, 1.54) is 21.0 Å². The summed E-state index contributed by atoms with van der Waals surface area (Å²) in [4.78, 5) is 22.3. The third-order valence-electron chi connectivity index (χ3n) is 1.85. The molecule has 0 aromatic carbocycles. The van der Waals surface area contributed by atoms with E-state index >= 15 is 0 Å². The maximum atomic E-state index is 11.2. The van der Waals surface area contributed by atoms with E-state index in [1.807, 2.05) is 0 Å². The van der Waals surface area contributed by atoms with Gasteiger partial charge in [0.15, 0.2) is 0 Å². The normalized spacial score (nSPS) is 10.2. The van der Waals surface area contributed by atoms with Crippen molar-refractivity contribution in [2.45, 2.75) is 6.92 Å². The second-order valence-electron chi connectivity index (χ2n) is 2.65. The molecule has 0 bridgehead atoms. The van der Waals surface area contributed by atoms with Crippen LogP contribution in [0.5, 0.6) is 5.88 Å². The lowest BCUT2D eigenvalue weighted by Gasteiger charge is -2.06. The summed E-state index contributed by atoms with van der Waals surface area (Å²) in [6, 6.07) is 0. The maximum absolute atomic E-state index is 11.2. The first-order valence-electron chi connectivity index (χ1n) is 3.42. The van der Waals surface area contributed by atoms with Crippen molar-refractivity contribution in [1.29, 1.82) is 0 Å². The highest BCUT2D eigenvalue weighted by atomic mass is 16.3. The van der Waals surface area contributed by atoms with Crippen LogP contribution in [-0.4, -0.2) is 14.2 Å². The molecule has 66 valence electrons. The summed E-state index contributed by atoms with van der Waals surface area (Å²) in [6.45, 7) is 1.47. The van der Waals surface area contributed by atoms with Gasteiger partial charge >= 0.3 is 5.69 Å². The summed E-state index contributed by atoms with van der Waals surface area (Å²) < 4.78 is 1.98. The molecule has 5 heteroatoms. The Hall–Kier alpha value is -1.52. The minimum absolute atomic E-state index is 0.180. The van der Waals surface area contributed by atoms with E-state index in [0.29, 0.717) is 0 Å². The Morgan fingerprint density at radius 3 is 2.17 bits per heavy atom. The lowest BCUT2D eigenvalue weighted by molar-refractivity contribution is 0.406. The molecule has 0 spiro atoms. The molecular formula is C7H10N2O3. The zero-order valence-electron chi connectivity index (χ0n) is 7.16. The van der Waals surface area contributed by atoms with Crippen molar-refractivity contribution in [1.82, 2.24) is 9.13 Å². The first kappa shape index (κ1) is 8.58. The van der Waals surface area contributed by atoms with Gasteiger partial charge in [-0.25, -0.2) is 4.79 Å². The lowest BCUT2D eigenvalue weighted by atomic mass is 10.3. The predicted octanol–water partition coefficient (Wildman–Crippen LogP) is -0.902. The van der Waals surface area contributed by atoms with E-state index in [4.69, 9.17) is 0 Å². The molecule has 1 aromatic heterocycles. The summed E-state index contributed by atoms with van der Waals surface area (Å²) in [5.41, 5.74) is -0.807. The number of aromatic hydroxyl groups is 1. The van der Waals surface area contributed by atoms with Gasteiger partial charge in [0.1, 0.15) is 0 Å². The topological polar surface area (TPSA) is 64.2 Å². The highest BCUT2D eigenvalue weighted by Gasteiger charge is 2.09. The predicted molar refractivity (Wildman–Crippen MR) is 43.3 cm³/mol. The average Bonchev–Trinajstić information content (AvgIpc) is 2.08. The van der Waals surface area contributed by atoms with Crippen LogP contribution >= 0.6 is 0 Å². The number of aromatic nitrogens is 2. The van der Waals surface area contributed by atoms with E-state index in [-0.39, 0.29) is 11.4 Å². The smallest absolute Gasteiger partial charge is 0.333 e. The van der Waals surface area contributed by atoms with Crippen LogP contribution in [-0.2, 0) is 14.1 Å². The van der Waals surface area contributed by atoms with Gasteiger partial charge in [-0.3, -0.25) is 13.9 Å². The zero-order chi connectivity index (χ0) is 9.46. The van der Waals surface area contributed by atoms with Gasteiger partial charge in [-0.15, -0.1) is 0 Å². The fourth-order valence-corrected chi connectivity index (χ4v) is 1.00. The minimum Gasteiger partial charge on any atom is -0.494 e. The van der Waals surface area contributed by atoms with Crippen LogP contribution in [0.4, 0.5) is 0 Å². The Kier molecular flexibility index (Phi) is 1.79. The van der Waals surface area contributed by atoms with Gasteiger partial charge in [0, 0.05) is 14.1 Å². The molecule has 0 aliphatic carbocycles. The molecule has 0 saturated carbocycles. The van der Waals surface area contributed by atoms with E-state index in [0.717, 1.165) is 9.13 Å². The summed E-state index contributed by atoms with van der Waals surface area (Å²) in [5.74, 6) is -0.275. The lowest BCUT2D eigenvalue weighted by Crippen LogP contribution is -2.37. The van der Waals surface area contributed by atoms with E-state index in [1.54, 1.807) is 0 Å². The molecule has 0 aliphatic rings. The SMILES string of the molecule is Cc1c(O)n(C)c(=O)n(C)c1=O. The quantitative estimate of drug-likeness (QED) is 0.548. The van der Waals surface area contributed by atoms with Gasteiger partial charge in [-0.2, -0.15) is 0 Å². The number of hydrogen-bond donors (Lipinski definition) is 1. The van der Waals surface area contributed by atoms with Gasteiger partial charge in [-0.05, 0) is 6.92 Å². The van der Waals surface area contributed by atoms with E-state index in [9.17, 15) is 14.7 Å². The Bertz CT molecular complexity index is 390. The molecule has 0 amide bonds. The van der Waals surface area contributed by atoms with Gasteiger partial charge < -0.3 is 5.11 Å². The zero-order valence-corrected chi connectivity index (χ0v) is 7.16. The van der Waals surface area contributed by atoms with Crippen molar-refractivity contribution in [2.24, 2.45) is 14.1 Å². The highest BCUT2D eigenvalue weighted by molar-refractivity contribution is 5.20. The molecule has 0 atom stereocenters. The second-order valence-corrected chi connectivity index (χ2v) is 2.65. The molecule has 0 unspecified atom stereocenters. The standard InChI is InChI=1S/C7H10N2O3/c1-4-5(10)8(2)7(12)9(3)6(4)11/h10H,1-3H3. The third kappa shape index (κ3) is 0.939. The third-order valence-corrected chi connectivity index (χ3v) is 1.85. The Balaban J connectivity index is 3.86. The first-order chi connectivity index (χ1) is 5.46. The van der Waals surface area contributed by atoms with Crippen molar-refractivity contribution in [3.05, 3.63) is 26.4 Å². The molecule has 0 fully saturated rings. The minimum atomic E-state index is -0.525. The van der Waals surface area contributed by atoms with Crippen molar-refractivity contribution >= 4 is 0 Å². The highest BCUT2D eigenvalue weighted by Crippen LogP contribution is 2.04. The molecule has 1 rings (SSSR count). The van der Waals surface area contributed by atoms with Crippen LogP contribution in [0.1, 0.15) is 5.56 Å². The molecule has 0 saturated heterocycles. The summed E-state index contributed by atoms with van der Waals surface area (Å²) in [7, 11) is 2.78. The van der Waals surface area contributed by atoms with Crippen molar-refractivity contribution in [3.8, 4) is 5.88 Å². The van der Waals surface area contributed by atoms with Crippen LogP contribution in [0.2, 0.25) is 0 Å². The molecule has 0 radical (unpaired) electrons. The largest absolute Gasteiger partial charge is 0.494 e. The molecule has 1 heterocycles. The Morgan fingerprint density at radius 1 is 1.17 bits per heavy atom. The van der Waals surface area contributed by atoms with E-state index in [2.05, 4.69) is 0 Å². The molecule has 5 nitrogen and oxygen atoms in total. The molecule has 0 aliphatic heterocycles. The summed E-state index contributed by atoms with van der Waals surface area (Å²) in [5, 5.41) is 9.24. The Morgan fingerprint density at radius 2 is 1.67 bits per heavy atom. The van der Waals surface area contributed by atoms with E-state index < -0.39 is 11.2 Å². The fourth-order valence-electron chi connectivity index (χ4n) is 1.00. The van der Waals surface area contributed by atoms with Crippen molar-refractivity contribution in [2.75, 3.05) is 0 Å². The summed E-state index contributed by atoms with van der Waals surface area (Å²) in [6.07, 6.45) is 0. The van der Waals surface area contributed by atoms with Crippen LogP contribution in [0.3, 0.4) is 0 Å². The molecular weight excluding hydrogens is 160 g/mol. The number of rotatable bonds is 0. The maximum Gasteiger partial charge on any atom is 0.333 e. The van der Waals surface area contributed by atoms with Gasteiger partial charge in [-0.1, -0.05) is 0 Å². The van der Waals surface area contributed by atoms with Gasteiger partial charge in [0.05, 0.1) is 5.56 Å². The van der Waals surface area contributed by atoms with Crippen molar-refractivity contribution < 1.29 is 5.11 Å². The van der Waals surface area contributed by atoms with Crippen LogP contribution < -0.4 is 11.2 Å². The first-order valence-corrected chi connectivity index (χ1v) is 3.42. The Labute approximate surface area is 68.5 Å². The molecule has 12 heavy (non-hydrogen) atoms. The molecule has 1 N–H and O–H groups in total. The second kappa shape index (κ2) is 2.51. The van der Waals surface area contributed by atoms with Crippen LogP contribution in [0, 0.1) is 6.92 Å². The van der Waals surface area contributed by atoms with Crippen LogP contribution in [0.15, 0.2) is 9.59 Å². The average molecular weight is 170 g/mol. The monoisotopic (exact) mass is 170 g/mol. The number of nitrogens with zero attached hydrogens (tertiary/aromatic N) is 2. The fraction of sp³-hybridized carbons (Fsp3) is 0.429. The van der Waals surface area contributed by atoms with Gasteiger partial charge in [0.25, 0.3) is 5.56 Å². The molecule has 1 aromatic rings. The van der Waals surface area contributed by atoms with Crippen molar-refractivity contribution in [3.63, 3.8) is 0 Å².